The Labute approximate surface area is 187 Å². The van der Waals surface area contributed by atoms with Gasteiger partial charge in [-0.3, -0.25) is 9.78 Å². The van der Waals surface area contributed by atoms with Crippen molar-refractivity contribution in [1.29, 1.82) is 0 Å². The van der Waals surface area contributed by atoms with Gasteiger partial charge in [0, 0.05) is 6.20 Å². The lowest BCUT2D eigenvalue weighted by molar-refractivity contribution is 0.0574. The van der Waals surface area contributed by atoms with E-state index < -0.39 is 12.3 Å². The lowest BCUT2D eigenvalue weighted by Crippen LogP contribution is -2.43. The molecule has 0 unspecified atom stereocenters. The van der Waals surface area contributed by atoms with Crippen molar-refractivity contribution in [3.63, 3.8) is 0 Å². The van der Waals surface area contributed by atoms with E-state index in [1.165, 1.54) is 6.20 Å². The first kappa shape index (κ1) is 20.0. The number of halogens is 2. The van der Waals surface area contributed by atoms with Crippen molar-refractivity contribution in [2.24, 2.45) is 0 Å². The average Bonchev–Trinajstić information content (AvgIpc) is 3.56. The first-order chi connectivity index (χ1) is 16.1. The minimum atomic E-state index is -2.85. The fourth-order valence-corrected chi connectivity index (χ4v) is 5.04. The number of aromatic nitrogens is 5. The maximum absolute atomic E-state index is 13.4. The van der Waals surface area contributed by atoms with Gasteiger partial charge in [-0.05, 0) is 31.0 Å². The molecule has 1 fully saturated rings. The van der Waals surface area contributed by atoms with Gasteiger partial charge in [0.05, 0.1) is 52.8 Å². The second-order valence-electron chi connectivity index (χ2n) is 8.46. The third kappa shape index (κ3) is 3.28. The highest BCUT2D eigenvalue weighted by Crippen LogP contribution is 2.38. The van der Waals surface area contributed by atoms with Crippen molar-refractivity contribution >= 4 is 16.9 Å². The molecular weight excluding hydrogens is 430 g/mol. The van der Waals surface area contributed by atoms with Crippen LogP contribution in [-0.2, 0) is 6.54 Å². The van der Waals surface area contributed by atoms with Crippen LogP contribution in [0.4, 0.5) is 8.78 Å². The SMILES string of the molecule is O=C1c2cc(-c3nnc(C(F)F)o3)cnc2CN1[C@@H]1CCCC[C@H]1n1cnc2ccccc21. The number of imidazole rings is 1. The number of hydrogen-bond donors (Lipinski definition) is 0. The summed E-state index contributed by atoms with van der Waals surface area (Å²) < 4.78 is 32.8. The van der Waals surface area contributed by atoms with Crippen molar-refractivity contribution < 1.29 is 18.0 Å². The van der Waals surface area contributed by atoms with Crippen molar-refractivity contribution in [3.05, 3.63) is 60.0 Å². The van der Waals surface area contributed by atoms with Crippen LogP contribution in [0.2, 0.25) is 0 Å². The molecule has 1 aromatic carbocycles. The highest BCUT2D eigenvalue weighted by molar-refractivity contribution is 5.99. The molecule has 0 radical (unpaired) electrons. The van der Waals surface area contributed by atoms with Crippen LogP contribution in [0, 0.1) is 0 Å². The van der Waals surface area contributed by atoms with Gasteiger partial charge in [0.2, 0.25) is 5.89 Å². The van der Waals surface area contributed by atoms with Crippen LogP contribution in [0.25, 0.3) is 22.5 Å². The molecule has 0 spiro atoms. The first-order valence-electron chi connectivity index (χ1n) is 10.9. The van der Waals surface area contributed by atoms with E-state index in [4.69, 9.17) is 4.42 Å². The Morgan fingerprint density at radius 3 is 2.70 bits per heavy atom. The monoisotopic (exact) mass is 450 g/mol. The van der Waals surface area contributed by atoms with Gasteiger partial charge in [-0.2, -0.15) is 8.78 Å². The van der Waals surface area contributed by atoms with E-state index in [2.05, 4.69) is 30.8 Å². The summed E-state index contributed by atoms with van der Waals surface area (Å²) in [6, 6.07) is 9.75. The fourth-order valence-electron chi connectivity index (χ4n) is 5.04. The number of nitrogens with zero attached hydrogens (tertiary/aromatic N) is 6. The van der Waals surface area contributed by atoms with E-state index >= 15 is 0 Å². The number of pyridine rings is 1. The molecule has 3 aromatic heterocycles. The highest BCUT2D eigenvalue weighted by Gasteiger charge is 2.40. The Kier molecular flexibility index (Phi) is 4.67. The molecular formula is C23H20F2N6O2. The molecule has 1 aliphatic heterocycles. The summed E-state index contributed by atoms with van der Waals surface area (Å²) in [5.74, 6) is -0.947. The molecule has 0 bridgehead atoms. The van der Waals surface area contributed by atoms with Crippen LogP contribution in [0.1, 0.15) is 60.1 Å². The van der Waals surface area contributed by atoms with Crippen molar-refractivity contribution in [1.82, 2.24) is 29.6 Å². The van der Waals surface area contributed by atoms with Crippen LogP contribution in [-0.4, -0.2) is 41.6 Å². The summed E-state index contributed by atoms with van der Waals surface area (Å²) in [6.45, 7) is 0.411. The number of carbonyl (C=O) groups excluding carboxylic acids is 1. The zero-order valence-corrected chi connectivity index (χ0v) is 17.6. The normalized spacial score (nSPS) is 20.7. The Bertz CT molecular complexity index is 1350. The maximum atomic E-state index is 13.4. The quantitative estimate of drug-likeness (QED) is 0.453. The van der Waals surface area contributed by atoms with Gasteiger partial charge in [-0.25, -0.2) is 4.98 Å². The van der Waals surface area contributed by atoms with Gasteiger partial charge >= 0.3 is 6.43 Å². The molecule has 1 saturated carbocycles. The number of alkyl halides is 2. The summed E-state index contributed by atoms with van der Waals surface area (Å²) in [6.07, 6.45) is 4.49. The van der Waals surface area contributed by atoms with Crippen LogP contribution in [0.5, 0.6) is 0 Å². The van der Waals surface area contributed by atoms with E-state index in [1.807, 2.05) is 29.4 Å². The predicted octanol–water partition coefficient (Wildman–Crippen LogP) is 4.56. The topological polar surface area (TPSA) is 89.9 Å². The molecule has 1 amide bonds. The second kappa shape index (κ2) is 7.72. The summed E-state index contributed by atoms with van der Waals surface area (Å²) in [5, 5.41) is 7.03. The molecule has 8 nitrogen and oxygen atoms in total. The zero-order valence-electron chi connectivity index (χ0n) is 17.6. The van der Waals surface area contributed by atoms with E-state index in [-0.39, 0.29) is 23.9 Å². The number of para-hydroxylation sites is 2. The third-order valence-corrected chi connectivity index (χ3v) is 6.59. The summed E-state index contributed by atoms with van der Waals surface area (Å²) in [7, 11) is 0. The van der Waals surface area contributed by atoms with Crippen molar-refractivity contribution in [2.45, 2.75) is 50.7 Å². The Morgan fingerprint density at radius 1 is 1.06 bits per heavy atom. The van der Waals surface area contributed by atoms with Crippen molar-refractivity contribution in [3.8, 4) is 11.5 Å². The fraction of sp³-hybridized carbons (Fsp3) is 0.348. The molecule has 2 aliphatic rings. The molecule has 168 valence electrons. The molecule has 2 atom stereocenters. The van der Waals surface area contributed by atoms with Crippen molar-refractivity contribution in [2.75, 3.05) is 0 Å². The van der Waals surface area contributed by atoms with Gasteiger partial charge in [-0.15, -0.1) is 10.2 Å². The van der Waals surface area contributed by atoms with Crippen LogP contribution >= 0.6 is 0 Å². The smallest absolute Gasteiger partial charge is 0.314 e. The summed E-state index contributed by atoms with van der Waals surface area (Å²) in [5.41, 5.74) is 3.46. The van der Waals surface area contributed by atoms with E-state index in [0.717, 1.165) is 36.7 Å². The van der Waals surface area contributed by atoms with E-state index in [0.29, 0.717) is 23.4 Å². The molecule has 4 heterocycles. The molecule has 0 saturated heterocycles. The van der Waals surface area contributed by atoms with Gasteiger partial charge in [0.25, 0.3) is 11.8 Å². The molecule has 10 heteroatoms. The molecule has 1 aliphatic carbocycles. The number of carbonyl (C=O) groups is 1. The number of amides is 1. The predicted molar refractivity (Wildman–Crippen MR) is 113 cm³/mol. The Hall–Kier alpha value is -3.69. The third-order valence-electron chi connectivity index (χ3n) is 6.59. The minimum absolute atomic E-state index is 0.00958. The van der Waals surface area contributed by atoms with Crippen LogP contribution in [0.3, 0.4) is 0 Å². The zero-order chi connectivity index (χ0) is 22.5. The number of benzene rings is 1. The first-order valence-corrected chi connectivity index (χ1v) is 10.9. The lowest BCUT2D eigenvalue weighted by Gasteiger charge is -2.38. The maximum Gasteiger partial charge on any atom is 0.314 e. The van der Waals surface area contributed by atoms with E-state index in [9.17, 15) is 13.6 Å². The van der Waals surface area contributed by atoms with Gasteiger partial charge in [0.15, 0.2) is 0 Å². The summed E-state index contributed by atoms with van der Waals surface area (Å²) in [4.78, 5) is 24.3. The van der Waals surface area contributed by atoms with Gasteiger partial charge in [0.1, 0.15) is 0 Å². The minimum Gasteiger partial charge on any atom is -0.415 e. The molecule has 6 rings (SSSR count). The summed E-state index contributed by atoms with van der Waals surface area (Å²) >= 11 is 0. The highest BCUT2D eigenvalue weighted by atomic mass is 19.3. The van der Waals surface area contributed by atoms with Crippen LogP contribution in [0.15, 0.2) is 47.3 Å². The van der Waals surface area contributed by atoms with E-state index in [1.54, 1.807) is 6.07 Å². The molecule has 4 aromatic rings. The molecule has 0 N–H and O–H groups in total. The Morgan fingerprint density at radius 2 is 1.88 bits per heavy atom. The van der Waals surface area contributed by atoms with Gasteiger partial charge < -0.3 is 13.9 Å². The molecule has 33 heavy (non-hydrogen) atoms. The average molecular weight is 450 g/mol. The van der Waals surface area contributed by atoms with Gasteiger partial charge in [-0.1, -0.05) is 25.0 Å². The Balaban J connectivity index is 1.31. The van der Waals surface area contributed by atoms with Crippen LogP contribution < -0.4 is 0 Å². The second-order valence-corrected chi connectivity index (χ2v) is 8.46. The number of fused-ring (bicyclic) bond motifs is 2. The number of rotatable bonds is 4. The standard InChI is InChI=1S/C23H20F2N6O2/c24-20(25)22-29-28-21(33-22)13-9-14-16(26-10-13)11-30(23(14)32)18-7-3-4-8-19(18)31-12-27-15-5-1-2-6-17(15)31/h1-2,5-6,9-10,12,18-20H,3-4,7-8,11H2/t18-,19-/m1/s1. The largest absolute Gasteiger partial charge is 0.415 e. The number of hydrogen-bond acceptors (Lipinski definition) is 6. The lowest BCUT2D eigenvalue weighted by atomic mass is 9.88.